The molecule has 2 aromatic carbocycles. The maximum atomic E-state index is 5.75. The monoisotopic (exact) mass is 313 g/mol. The topological polar surface area (TPSA) is 30.5 Å². The van der Waals surface area contributed by atoms with Crippen LogP contribution in [-0.4, -0.2) is 13.2 Å². The Morgan fingerprint density at radius 3 is 2.35 bits per heavy atom. The quantitative estimate of drug-likeness (QED) is 0.606. The van der Waals surface area contributed by atoms with Gasteiger partial charge < -0.3 is 14.8 Å². The fraction of sp³-hybridized carbons (Fsp3) is 0.400. The molecule has 0 aliphatic carbocycles. The summed E-state index contributed by atoms with van der Waals surface area (Å²) >= 11 is 0. The smallest absolute Gasteiger partial charge is 0.119 e. The first-order valence-electron chi connectivity index (χ1n) is 8.50. The second kappa shape index (κ2) is 9.78. The molecule has 2 rings (SSSR count). The summed E-state index contributed by atoms with van der Waals surface area (Å²) in [7, 11) is 0. The molecule has 0 heterocycles. The van der Waals surface area contributed by atoms with Crippen molar-refractivity contribution < 1.29 is 9.47 Å². The van der Waals surface area contributed by atoms with Crippen LogP contribution < -0.4 is 14.8 Å². The van der Waals surface area contributed by atoms with E-state index in [1.54, 1.807) is 0 Å². The van der Waals surface area contributed by atoms with E-state index in [2.05, 4.69) is 31.3 Å². The van der Waals surface area contributed by atoms with E-state index in [1.807, 2.05) is 36.4 Å². The van der Waals surface area contributed by atoms with Crippen molar-refractivity contribution >= 4 is 5.69 Å². The molecule has 0 unspecified atom stereocenters. The van der Waals surface area contributed by atoms with E-state index in [9.17, 15) is 0 Å². The molecule has 0 aliphatic heterocycles. The molecule has 0 fully saturated rings. The van der Waals surface area contributed by atoms with Crippen molar-refractivity contribution in [2.45, 2.75) is 39.7 Å². The summed E-state index contributed by atoms with van der Waals surface area (Å²) in [5, 5.41) is 3.43. The van der Waals surface area contributed by atoms with Crippen LogP contribution in [0.5, 0.6) is 11.5 Å². The molecule has 0 spiro atoms. The van der Waals surface area contributed by atoms with Gasteiger partial charge in [0.15, 0.2) is 0 Å². The van der Waals surface area contributed by atoms with E-state index < -0.39 is 0 Å². The molecule has 23 heavy (non-hydrogen) atoms. The van der Waals surface area contributed by atoms with Gasteiger partial charge in [-0.3, -0.25) is 0 Å². The maximum Gasteiger partial charge on any atom is 0.119 e. The molecule has 2 aromatic rings. The Morgan fingerprint density at radius 2 is 1.61 bits per heavy atom. The Kier molecular flexibility index (Phi) is 7.31. The van der Waals surface area contributed by atoms with Gasteiger partial charge in [0.05, 0.1) is 13.2 Å². The summed E-state index contributed by atoms with van der Waals surface area (Å²) in [4.78, 5) is 0. The molecule has 1 N–H and O–H groups in total. The number of benzene rings is 2. The molecule has 0 aromatic heterocycles. The lowest BCUT2D eigenvalue weighted by Crippen LogP contribution is -2.01. The van der Waals surface area contributed by atoms with E-state index >= 15 is 0 Å². The van der Waals surface area contributed by atoms with Crippen LogP contribution in [0.4, 0.5) is 5.69 Å². The number of hydrogen-bond acceptors (Lipinski definition) is 3. The Hall–Kier alpha value is -2.16. The van der Waals surface area contributed by atoms with Gasteiger partial charge in [0.2, 0.25) is 0 Å². The zero-order valence-electron chi connectivity index (χ0n) is 14.2. The molecule has 0 saturated heterocycles. The molecule has 0 atom stereocenters. The molecular weight excluding hydrogens is 286 g/mol. The second-order valence-corrected chi connectivity index (χ2v) is 5.58. The molecule has 0 saturated carbocycles. The van der Waals surface area contributed by atoms with Crippen LogP contribution in [-0.2, 0) is 6.54 Å². The zero-order valence-corrected chi connectivity index (χ0v) is 14.2. The molecule has 0 aliphatic rings. The third-order valence-corrected chi connectivity index (χ3v) is 3.49. The number of nitrogens with one attached hydrogen (secondary N) is 1. The van der Waals surface area contributed by atoms with Crippen LogP contribution in [0.3, 0.4) is 0 Å². The van der Waals surface area contributed by atoms with Crippen LogP contribution in [0.1, 0.15) is 38.7 Å². The lowest BCUT2D eigenvalue weighted by Gasteiger charge is -2.10. The highest BCUT2D eigenvalue weighted by atomic mass is 16.5. The first-order chi connectivity index (χ1) is 11.3. The number of anilines is 1. The van der Waals surface area contributed by atoms with E-state index in [4.69, 9.17) is 9.47 Å². The van der Waals surface area contributed by atoms with Gasteiger partial charge in [-0.05, 0) is 54.8 Å². The van der Waals surface area contributed by atoms with Crippen molar-refractivity contribution in [3.63, 3.8) is 0 Å². The third-order valence-electron chi connectivity index (χ3n) is 3.49. The van der Waals surface area contributed by atoms with Gasteiger partial charge in [-0.2, -0.15) is 0 Å². The lowest BCUT2D eigenvalue weighted by molar-refractivity contribution is 0.309. The summed E-state index contributed by atoms with van der Waals surface area (Å²) < 4.78 is 11.3. The van der Waals surface area contributed by atoms with E-state index in [1.165, 1.54) is 5.56 Å². The van der Waals surface area contributed by atoms with Gasteiger partial charge in [0, 0.05) is 12.2 Å². The Labute approximate surface area is 139 Å². The fourth-order valence-corrected chi connectivity index (χ4v) is 2.17. The largest absolute Gasteiger partial charge is 0.494 e. The Bertz CT molecular complexity index is 566. The maximum absolute atomic E-state index is 5.75. The van der Waals surface area contributed by atoms with Crippen LogP contribution >= 0.6 is 0 Å². The highest BCUT2D eigenvalue weighted by Crippen LogP contribution is 2.18. The summed E-state index contributed by atoms with van der Waals surface area (Å²) in [6.45, 7) is 6.60. The van der Waals surface area contributed by atoms with E-state index in [-0.39, 0.29) is 0 Å². The Morgan fingerprint density at radius 1 is 0.826 bits per heavy atom. The zero-order chi connectivity index (χ0) is 16.3. The molecule has 3 heteroatoms. The fourth-order valence-electron chi connectivity index (χ4n) is 2.17. The van der Waals surface area contributed by atoms with Crippen molar-refractivity contribution in [2.24, 2.45) is 0 Å². The predicted octanol–water partition coefficient (Wildman–Crippen LogP) is 5.27. The van der Waals surface area contributed by atoms with Gasteiger partial charge in [0.1, 0.15) is 11.5 Å². The van der Waals surface area contributed by atoms with E-state index in [0.717, 1.165) is 56.2 Å². The highest BCUT2D eigenvalue weighted by molar-refractivity contribution is 5.47. The number of rotatable bonds is 10. The molecular formula is C20H27NO2. The summed E-state index contributed by atoms with van der Waals surface area (Å²) in [5.41, 5.74) is 2.30. The van der Waals surface area contributed by atoms with Gasteiger partial charge in [-0.25, -0.2) is 0 Å². The van der Waals surface area contributed by atoms with Gasteiger partial charge in [0.25, 0.3) is 0 Å². The second-order valence-electron chi connectivity index (χ2n) is 5.58. The normalized spacial score (nSPS) is 10.3. The summed E-state index contributed by atoms with van der Waals surface area (Å²) in [6, 6.07) is 16.4. The number of unbranched alkanes of at least 4 members (excludes halogenated alkanes) is 1. The van der Waals surface area contributed by atoms with Crippen molar-refractivity contribution in [1.29, 1.82) is 0 Å². The van der Waals surface area contributed by atoms with Crippen LogP contribution in [0, 0.1) is 0 Å². The van der Waals surface area contributed by atoms with Crippen LogP contribution in [0.2, 0.25) is 0 Å². The predicted molar refractivity (Wildman–Crippen MR) is 96.4 cm³/mol. The van der Waals surface area contributed by atoms with Gasteiger partial charge in [-0.1, -0.05) is 32.4 Å². The minimum absolute atomic E-state index is 0.762. The standard InChI is InChI=1S/C20H27NO2/c1-3-5-14-23-20-8-6-7-17(15-20)16-21-18-9-11-19(12-10-18)22-13-4-2/h6-12,15,21H,3-5,13-14,16H2,1-2H3. The molecule has 0 radical (unpaired) electrons. The average molecular weight is 313 g/mol. The molecule has 0 bridgehead atoms. The minimum Gasteiger partial charge on any atom is -0.494 e. The van der Waals surface area contributed by atoms with E-state index in [0.29, 0.717) is 0 Å². The Balaban J connectivity index is 1.84. The molecule has 0 amide bonds. The SMILES string of the molecule is CCCCOc1cccc(CNc2ccc(OCCC)cc2)c1. The summed E-state index contributed by atoms with van der Waals surface area (Å²) in [6.07, 6.45) is 3.27. The number of hydrogen-bond donors (Lipinski definition) is 1. The van der Waals surface area contributed by atoms with Gasteiger partial charge in [-0.15, -0.1) is 0 Å². The molecule has 3 nitrogen and oxygen atoms in total. The van der Waals surface area contributed by atoms with Crippen LogP contribution in [0.25, 0.3) is 0 Å². The average Bonchev–Trinajstić information content (AvgIpc) is 2.60. The minimum atomic E-state index is 0.762. The van der Waals surface area contributed by atoms with Crippen LogP contribution in [0.15, 0.2) is 48.5 Å². The van der Waals surface area contributed by atoms with Crippen molar-refractivity contribution in [2.75, 3.05) is 18.5 Å². The number of ether oxygens (including phenoxy) is 2. The lowest BCUT2D eigenvalue weighted by atomic mass is 10.2. The van der Waals surface area contributed by atoms with Crippen molar-refractivity contribution in [1.82, 2.24) is 0 Å². The first-order valence-corrected chi connectivity index (χ1v) is 8.50. The highest BCUT2D eigenvalue weighted by Gasteiger charge is 1.99. The molecule has 124 valence electrons. The van der Waals surface area contributed by atoms with Crippen molar-refractivity contribution in [3.05, 3.63) is 54.1 Å². The first kappa shape index (κ1) is 17.2. The van der Waals surface area contributed by atoms with Crippen molar-refractivity contribution in [3.8, 4) is 11.5 Å². The third kappa shape index (κ3) is 6.23. The van der Waals surface area contributed by atoms with Gasteiger partial charge >= 0.3 is 0 Å². The summed E-state index contributed by atoms with van der Waals surface area (Å²) in [5.74, 6) is 1.87.